The Bertz CT molecular complexity index is 564. The largest absolute Gasteiger partial charge is 0.370 e. The van der Waals surface area contributed by atoms with Crippen LogP contribution in [-0.4, -0.2) is 31.7 Å². The minimum Gasteiger partial charge on any atom is -0.370 e. The number of aryl methyl sites for hydroxylation is 1. The number of amides is 2. The zero-order valence-corrected chi connectivity index (χ0v) is 11.4. The van der Waals surface area contributed by atoms with Crippen LogP contribution in [-0.2, 0) is 19.4 Å². The first-order valence-electron chi connectivity index (χ1n) is 5.64. The Labute approximate surface area is 111 Å². The van der Waals surface area contributed by atoms with Crippen molar-refractivity contribution in [3.8, 4) is 0 Å². The van der Waals surface area contributed by atoms with E-state index in [0.29, 0.717) is 5.69 Å². The van der Waals surface area contributed by atoms with Crippen LogP contribution in [0.15, 0.2) is 24.3 Å². The van der Waals surface area contributed by atoms with Crippen molar-refractivity contribution in [2.75, 3.05) is 16.8 Å². The molecule has 0 spiro atoms. The van der Waals surface area contributed by atoms with Crippen LogP contribution in [0.5, 0.6) is 0 Å². The summed E-state index contributed by atoms with van der Waals surface area (Å²) in [6.45, 7) is 1.90. The van der Waals surface area contributed by atoms with Crippen molar-refractivity contribution in [3.63, 3.8) is 0 Å². The van der Waals surface area contributed by atoms with Crippen LogP contribution in [0.2, 0.25) is 0 Å². The molecule has 0 bridgehead atoms. The summed E-state index contributed by atoms with van der Waals surface area (Å²) in [7, 11) is -3.62. The van der Waals surface area contributed by atoms with Crippen molar-refractivity contribution in [1.82, 2.24) is 0 Å². The number of sulfone groups is 1. The highest BCUT2D eigenvalue weighted by Gasteiger charge is 2.17. The van der Waals surface area contributed by atoms with E-state index in [0.717, 1.165) is 5.56 Å². The molecule has 3 N–H and O–H groups in total. The maximum atomic E-state index is 11.6. The molecular weight excluding hydrogens is 268 g/mol. The molecule has 0 aliphatic rings. The molecule has 1 aromatic rings. The molecule has 104 valence electrons. The third-order valence-electron chi connectivity index (χ3n) is 2.35. The van der Waals surface area contributed by atoms with Gasteiger partial charge >= 0.3 is 0 Å². The van der Waals surface area contributed by atoms with E-state index in [9.17, 15) is 18.0 Å². The van der Waals surface area contributed by atoms with Crippen molar-refractivity contribution >= 4 is 27.3 Å². The van der Waals surface area contributed by atoms with E-state index in [1.807, 2.05) is 6.92 Å². The fourth-order valence-electron chi connectivity index (χ4n) is 1.36. The maximum Gasteiger partial charge on any atom is 0.239 e. The molecule has 0 aliphatic carbocycles. The zero-order chi connectivity index (χ0) is 14.5. The standard InChI is InChI=1S/C12H16N2O4S/c1-9-2-4-10(5-3-9)14-12(16)8-19(17,18)7-6-11(13)15/h2-5H,6-8H2,1H3,(H2,13,15)(H,14,16). The smallest absolute Gasteiger partial charge is 0.239 e. The Morgan fingerprint density at radius 2 is 1.79 bits per heavy atom. The summed E-state index contributed by atoms with van der Waals surface area (Å²) in [5.41, 5.74) is 6.43. The van der Waals surface area contributed by atoms with Crippen molar-refractivity contribution in [1.29, 1.82) is 0 Å². The van der Waals surface area contributed by atoms with E-state index in [4.69, 9.17) is 5.73 Å². The third kappa shape index (κ3) is 6.01. The van der Waals surface area contributed by atoms with Gasteiger partial charge in [-0.1, -0.05) is 17.7 Å². The van der Waals surface area contributed by atoms with Gasteiger partial charge in [-0.3, -0.25) is 9.59 Å². The third-order valence-corrected chi connectivity index (χ3v) is 3.87. The van der Waals surface area contributed by atoms with E-state index in [1.165, 1.54) is 0 Å². The number of carbonyl (C=O) groups excluding carboxylic acids is 2. The summed E-state index contributed by atoms with van der Waals surface area (Å²) in [6.07, 6.45) is -0.278. The molecule has 0 aliphatic heterocycles. The predicted octanol–water partition coefficient (Wildman–Crippen LogP) is 0.224. The highest BCUT2D eigenvalue weighted by Crippen LogP contribution is 2.08. The van der Waals surface area contributed by atoms with Gasteiger partial charge in [-0.2, -0.15) is 0 Å². The zero-order valence-electron chi connectivity index (χ0n) is 10.5. The molecule has 0 unspecified atom stereocenters. The van der Waals surface area contributed by atoms with Gasteiger partial charge in [0.2, 0.25) is 11.8 Å². The van der Waals surface area contributed by atoms with Crippen LogP contribution >= 0.6 is 0 Å². The minimum absolute atomic E-state index is 0.278. The molecule has 7 heteroatoms. The molecule has 0 saturated heterocycles. The molecule has 2 amide bonds. The highest BCUT2D eigenvalue weighted by atomic mass is 32.2. The molecule has 1 aromatic carbocycles. The molecule has 0 heterocycles. The summed E-state index contributed by atoms with van der Waals surface area (Å²) in [6, 6.07) is 6.97. The number of nitrogens with one attached hydrogen (secondary N) is 1. The van der Waals surface area contributed by atoms with Crippen molar-refractivity contribution in [3.05, 3.63) is 29.8 Å². The van der Waals surface area contributed by atoms with E-state index in [2.05, 4.69) is 5.32 Å². The normalized spacial score (nSPS) is 11.0. The quantitative estimate of drug-likeness (QED) is 0.779. The topological polar surface area (TPSA) is 106 Å². The number of anilines is 1. The summed E-state index contributed by atoms with van der Waals surface area (Å²) in [5.74, 6) is -2.41. The molecule has 1 rings (SSSR count). The summed E-state index contributed by atoms with van der Waals surface area (Å²) in [4.78, 5) is 22.1. The Morgan fingerprint density at radius 3 is 2.32 bits per heavy atom. The number of hydrogen-bond acceptors (Lipinski definition) is 4. The molecule has 19 heavy (non-hydrogen) atoms. The number of carbonyl (C=O) groups is 2. The van der Waals surface area contributed by atoms with Gasteiger partial charge in [0.05, 0.1) is 5.75 Å². The lowest BCUT2D eigenvalue weighted by molar-refractivity contribution is -0.117. The van der Waals surface area contributed by atoms with Gasteiger partial charge in [-0.25, -0.2) is 8.42 Å². The molecule has 0 aromatic heterocycles. The molecule has 0 atom stereocenters. The molecule has 6 nitrogen and oxygen atoms in total. The first-order valence-corrected chi connectivity index (χ1v) is 7.46. The van der Waals surface area contributed by atoms with Gasteiger partial charge in [0.25, 0.3) is 0 Å². The number of rotatable bonds is 6. The number of nitrogens with two attached hydrogens (primary N) is 1. The van der Waals surface area contributed by atoms with Crippen LogP contribution in [0.3, 0.4) is 0 Å². The first-order chi connectivity index (χ1) is 8.78. The fraction of sp³-hybridized carbons (Fsp3) is 0.333. The monoisotopic (exact) mass is 284 g/mol. The molecule has 0 radical (unpaired) electrons. The van der Waals surface area contributed by atoms with Crippen molar-refractivity contribution < 1.29 is 18.0 Å². The van der Waals surface area contributed by atoms with Crippen LogP contribution in [0.1, 0.15) is 12.0 Å². The minimum atomic E-state index is -3.62. The SMILES string of the molecule is Cc1ccc(NC(=O)CS(=O)(=O)CCC(N)=O)cc1. The molecule has 0 saturated carbocycles. The second-order valence-corrected chi connectivity index (χ2v) is 6.41. The maximum absolute atomic E-state index is 11.6. The summed E-state index contributed by atoms with van der Waals surface area (Å²) >= 11 is 0. The van der Waals surface area contributed by atoms with E-state index < -0.39 is 33.2 Å². The average Bonchev–Trinajstić information content (AvgIpc) is 2.29. The van der Waals surface area contributed by atoms with Gasteiger partial charge in [-0.05, 0) is 19.1 Å². The van der Waals surface area contributed by atoms with Gasteiger partial charge < -0.3 is 11.1 Å². The Balaban J connectivity index is 2.55. The summed E-state index contributed by atoms with van der Waals surface area (Å²) in [5, 5.41) is 2.48. The second-order valence-electron chi connectivity index (χ2n) is 4.22. The predicted molar refractivity (Wildman–Crippen MR) is 72.3 cm³/mol. The van der Waals surface area contributed by atoms with Gasteiger partial charge in [-0.15, -0.1) is 0 Å². The van der Waals surface area contributed by atoms with Crippen molar-refractivity contribution in [2.24, 2.45) is 5.73 Å². The second kappa shape index (κ2) is 6.33. The first kappa shape index (κ1) is 15.2. The number of hydrogen-bond donors (Lipinski definition) is 2. The van der Waals surface area contributed by atoms with Crippen LogP contribution in [0, 0.1) is 6.92 Å². The van der Waals surface area contributed by atoms with E-state index in [-0.39, 0.29) is 6.42 Å². The lowest BCUT2D eigenvalue weighted by Crippen LogP contribution is -2.26. The van der Waals surface area contributed by atoms with Crippen LogP contribution in [0.4, 0.5) is 5.69 Å². The Hall–Kier alpha value is -1.89. The molecule has 0 fully saturated rings. The van der Waals surface area contributed by atoms with Crippen LogP contribution < -0.4 is 11.1 Å². The Kier molecular flexibility index (Phi) is 5.05. The van der Waals surface area contributed by atoms with Crippen molar-refractivity contribution in [2.45, 2.75) is 13.3 Å². The lowest BCUT2D eigenvalue weighted by Gasteiger charge is -2.06. The highest BCUT2D eigenvalue weighted by molar-refractivity contribution is 7.92. The van der Waals surface area contributed by atoms with E-state index >= 15 is 0 Å². The average molecular weight is 284 g/mol. The number of primary amides is 1. The summed E-state index contributed by atoms with van der Waals surface area (Å²) < 4.78 is 23.0. The van der Waals surface area contributed by atoms with Gasteiger partial charge in [0, 0.05) is 12.1 Å². The number of benzene rings is 1. The fourth-order valence-corrected chi connectivity index (χ4v) is 2.49. The van der Waals surface area contributed by atoms with E-state index in [1.54, 1.807) is 24.3 Å². The van der Waals surface area contributed by atoms with Gasteiger partial charge in [0.1, 0.15) is 5.75 Å². The lowest BCUT2D eigenvalue weighted by atomic mass is 10.2. The Morgan fingerprint density at radius 1 is 1.21 bits per heavy atom. The van der Waals surface area contributed by atoms with Gasteiger partial charge in [0.15, 0.2) is 9.84 Å². The molecular formula is C12H16N2O4S. The van der Waals surface area contributed by atoms with Crippen LogP contribution in [0.25, 0.3) is 0 Å².